The van der Waals surface area contributed by atoms with Crippen LogP contribution in [0.3, 0.4) is 0 Å². The summed E-state index contributed by atoms with van der Waals surface area (Å²) in [6.45, 7) is 4.50. The van der Waals surface area contributed by atoms with E-state index in [0.29, 0.717) is 6.42 Å². The number of unbranched alkanes of at least 4 members (excludes halogenated alkanes) is 11. The van der Waals surface area contributed by atoms with Gasteiger partial charge in [0, 0.05) is 11.8 Å². The van der Waals surface area contributed by atoms with Gasteiger partial charge in [0.25, 0.3) is 0 Å². The number of allylic oxidation sites excluding steroid dienone is 4. The second kappa shape index (κ2) is 25.7. The molecular formula is C28H51BrO2. The Hall–Kier alpha value is -0.570. The van der Waals surface area contributed by atoms with Crippen LogP contribution in [0.25, 0.3) is 0 Å². The van der Waals surface area contributed by atoms with E-state index >= 15 is 0 Å². The van der Waals surface area contributed by atoms with Crippen molar-refractivity contribution < 1.29 is 9.53 Å². The minimum atomic E-state index is 0.00509. The largest absolute Gasteiger partial charge is 0.462 e. The molecule has 0 bridgehead atoms. The summed E-state index contributed by atoms with van der Waals surface area (Å²) >= 11 is 3.45. The van der Waals surface area contributed by atoms with Crippen molar-refractivity contribution in [3.05, 3.63) is 24.3 Å². The average molecular weight is 500 g/mol. The third-order valence-electron chi connectivity index (χ3n) is 5.64. The maximum absolute atomic E-state index is 12.3. The van der Waals surface area contributed by atoms with Gasteiger partial charge in [-0.2, -0.15) is 0 Å². The summed E-state index contributed by atoms with van der Waals surface area (Å²) in [4.78, 5) is 12.3. The van der Waals surface area contributed by atoms with Gasteiger partial charge in [-0.3, -0.25) is 4.79 Å². The van der Waals surface area contributed by atoms with E-state index in [1.54, 1.807) is 0 Å². The Morgan fingerprint density at radius 2 is 1.19 bits per heavy atom. The van der Waals surface area contributed by atoms with Gasteiger partial charge in [-0.15, -0.1) is 0 Å². The van der Waals surface area contributed by atoms with E-state index in [-0.39, 0.29) is 12.1 Å². The fraction of sp³-hybridized carbons (Fsp3) is 0.821. The van der Waals surface area contributed by atoms with Gasteiger partial charge in [-0.05, 0) is 83.5 Å². The predicted octanol–water partition coefficient (Wildman–Crippen LogP) is 9.86. The maximum atomic E-state index is 12.3. The highest BCUT2D eigenvalue weighted by Crippen LogP contribution is 2.16. The lowest BCUT2D eigenvalue weighted by molar-refractivity contribution is -0.150. The zero-order valence-electron chi connectivity index (χ0n) is 20.7. The van der Waals surface area contributed by atoms with Crippen molar-refractivity contribution in [1.29, 1.82) is 0 Å². The predicted molar refractivity (Wildman–Crippen MR) is 141 cm³/mol. The Labute approximate surface area is 202 Å². The van der Waals surface area contributed by atoms with Gasteiger partial charge in [0.1, 0.15) is 6.10 Å². The molecule has 0 aliphatic carbocycles. The van der Waals surface area contributed by atoms with Gasteiger partial charge in [0.05, 0.1) is 0 Å². The number of carbonyl (C=O) groups excluding carboxylic acids is 1. The number of hydrogen-bond acceptors (Lipinski definition) is 2. The number of hydrogen-bond donors (Lipinski definition) is 0. The first-order valence-corrected chi connectivity index (χ1v) is 14.4. The number of esters is 1. The molecule has 0 fully saturated rings. The molecule has 0 aromatic rings. The summed E-state index contributed by atoms with van der Waals surface area (Å²) in [6.07, 6.45) is 31.2. The van der Waals surface area contributed by atoms with Gasteiger partial charge in [-0.1, -0.05) is 86.2 Å². The molecule has 0 aromatic heterocycles. The molecule has 0 aliphatic heterocycles. The molecule has 0 aliphatic rings. The van der Waals surface area contributed by atoms with E-state index in [9.17, 15) is 4.79 Å². The van der Waals surface area contributed by atoms with Crippen LogP contribution in [0.2, 0.25) is 0 Å². The molecule has 182 valence electrons. The van der Waals surface area contributed by atoms with Crippen LogP contribution in [0, 0.1) is 0 Å². The summed E-state index contributed by atoms with van der Waals surface area (Å²) in [5.74, 6) is 0.00509. The van der Waals surface area contributed by atoms with Crippen LogP contribution in [0.4, 0.5) is 0 Å². The van der Waals surface area contributed by atoms with Crippen LogP contribution < -0.4 is 0 Å². The van der Waals surface area contributed by atoms with Crippen molar-refractivity contribution >= 4 is 21.9 Å². The number of alkyl halides is 1. The molecule has 31 heavy (non-hydrogen) atoms. The van der Waals surface area contributed by atoms with Gasteiger partial charge in [-0.25, -0.2) is 0 Å². The Kier molecular flexibility index (Phi) is 25.2. The summed E-state index contributed by atoms with van der Waals surface area (Å²) in [6, 6.07) is 0. The van der Waals surface area contributed by atoms with Gasteiger partial charge < -0.3 is 4.74 Å². The lowest BCUT2D eigenvalue weighted by Gasteiger charge is -2.18. The lowest BCUT2D eigenvalue weighted by atomic mass is 10.0. The van der Waals surface area contributed by atoms with Crippen molar-refractivity contribution in [2.24, 2.45) is 0 Å². The van der Waals surface area contributed by atoms with E-state index in [4.69, 9.17) is 4.74 Å². The van der Waals surface area contributed by atoms with Crippen LogP contribution in [-0.2, 0) is 9.53 Å². The highest BCUT2D eigenvalue weighted by molar-refractivity contribution is 9.09. The SMILES string of the molecule is CCCCC/C=C\CCCCC(CCC/C=C\CCCCC)OC(=O)CCCCCBr. The van der Waals surface area contributed by atoms with Crippen molar-refractivity contribution in [2.75, 3.05) is 5.33 Å². The summed E-state index contributed by atoms with van der Waals surface area (Å²) < 4.78 is 5.87. The van der Waals surface area contributed by atoms with Crippen LogP contribution in [0.1, 0.15) is 136 Å². The van der Waals surface area contributed by atoms with Gasteiger partial charge in [0.2, 0.25) is 0 Å². The molecule has 3 heteroatoms. The monoisotopic (exact) mass is 498 g/mol. The molecule has 1 atom stereocenters. The summed E-state index contributed by atoms with van der Waals surface area (Å²) in [5, 5.41) is 1.02. The first-order valence-electron chi connectivity index (χ1n) is 13.3. The Morgan fingerprint density at radius 1 is 0.677 bits per heavy atom. The Balaban J connectivity index is 4.13. The topological polar surface area (TPSA) is 26.3 Å². The summed E-state index contributed by atoms with van der Waals surface area (Å²) in [5.41, 5.74) is 0. The van der Waals surface area contributed by atoms with Crippen LogP contribution in [-0.4, -0.2) is 17.4 Å². The normalized spacial score (nSPS) is 12.7. The van der Waals surface area contributed by atoms with Crippen LogP contribution in [0.5, 0.6) is 0 Å². The van der Waals surface area contributed by atoms with Crippen molar-refractivity contribution in [1.82, 2.24) is 0 Å². The fourth-order valence-corrected chi connectivity index (χ4v) is 4.04. The van der Waals surface area contributed by atoms with Crippen LogP contribution in [0.15, 0.2) is 24.3 Å². The Morgan fingerprint density at radius 3 is 1.74 bits per heavy atom. The van der Waals surface area contributed by atoms with Crippen molar-refractivity contribution in [2.45, 2.75) is 142 Å². The van der Waals surface area contributed by atoms with Gasteiger partial charge >= 0.3 is 5.97 Å². The second-order valence-corrected chi connectivity index (χ2v) is 9.55. The zero-order chi connectivity index (χ0) is 22.8. The second-order valence-electron chi connectivity index (χ2n) is 8.76. The fourth-order valence-electron chi connectivity index (χ4n) is 3.64. The molecule has 0 amide bonds. The molecule has 2 nitrogen and oxygen atoms in total. The third-order valence-corrected chi connectivity index (χ3v) is 6.20. The first kappa shape index (κ1) is 30.4. The van der Waals surface area contributed by atoms with Crippen molar-refractivity contribution in [3.63, 3.8) is 0 Å². The molecule has 0 N–H and O–H groups in total. The number of carbonyl (C=O) groups is 1. The molecule has 1 unspecified atom stereocenters. The van der Waals surface area contributed by atoms with Gasteiger partial charge in [0.15, 0.2) is 0 Å². The molecule has 0 radical (unpaired) electrons. The molecule has 0 saturated heterocycles. The third kappa shape index (κ3) is 23.9. The van der Waals surface area contributed by atoms with E-state index in [1.165, 1.54) is 57.8 Å². The van der Waals surface area contributed by atoms with E-state index in [1.807, 2.05) is 0 Å². The van der Waals surface area contributed by atoms with Crippen LogP contribution >= 0.6 is 15.9 Å². The summed E-state index contributed by atoms with van der Waals surface area (Å²) in [7, 11) is 0. The van der Waals surface area contributed by atoms with Crippen molar-refractivity contribution in [3.8, 4) is 0 Å². The lowest BCUT2D eigenvalue weighted by Crippen LogP contribution is -2.18. The quantitative estimate of drug-likeness (QED) is 0.0605. The highest BCUT2D eigenvalue weighted by Gasteiger charge is 2.13. The average Bonchev–Trinajstić information content (AvgIpc) is 2.77. The first-order chi connectivity index (χ1) is 15.2. The number of ether oxygens (including phenoxy) is 1. The molecular weight excluding hydrogens is 448 g/mol. The number of rotatable bonds is 23. The maximum Gasteiger partial charge on any atom is 0.306 e. The molecule has 0 saturated carbocycles. The Bertz CT molecular complexity index is 431. The molecule has 0 rings (SSSR count). The minimum absolute atomic E-state index is 0.00509. The van der Waals surface area contributed by atoms with E-state index in [2.05, 4.69) is 54.1 Å². The van der Waals surface area contributed by atoms with E-state index < -0.39 is 0 Å². The molecule has 0 spiro atoms. The highest BCUT2D eigenvalue weighted by atomic mass is 79.9. The zero-order valence-corrected chi connectivity index (χ0v) is 22.3. The van der Waals surface area contributed by atoms with E-state index in [0.717, 1.165) is 63.1 Å². The molecule has 0 heterocycles. The molecule has 0 aromatic carbocycles. The standard InChI is InChI=1S/C28H51BrO2/c1-3-5-7-9-11-13-15-17-20-24-27(31-28(30)25-21-18-22-26-29)23-19-16-14-12-10-8-6-4-2/h11-14,27H,3-10,15-26H2,1-2H3/b13-11-,14-12-. The minimum Gasteiger partial charge on any atom is -0.462 e. The number of halogens is 1. The smallest absolute Gasteiger partial charge is 0.306 e.